The van der Waals surface area contributed by atoms with Crippen LogP contribution in [0.4, 0.5) is 10.8 Å². The molecule has 0 atom stereocenters. The predicted molar refractivity (Wildman–Crippen MR) is 105 cm³/mol. The molecule has 0 fully saturated rings. The zero-order chi connectivity index (χ0) is 18.5. The van der Waals surface area contributed by atoms with Crippen LogP contribution in [-0.2, 0) is 11.3 Å². The second-order valence-electron chi connectivity index (χ2n) is 5.86. The third-order valence-electron chi connectivity index (χ3n) is 3.73. The minimum absolute atomic E-state index is 0.0210. The monoisotopic (exact) mass is 388 g/mol. The molecule has 0 aliphatic rings. The molecule has 0 unspecified atom stereocenters. The maximum atomic E-state index is 12.3. The van der Waals surface area contributed by atoms with Crippen LogP contribution in [0, 0.1) is 13.8 Å². The summed E-state index contributed by atoms with van der Waals surface area (Å²) < 4.78 is 6.27. The summed E-state index contributed by atoms with van der Waals surface area (Å²) in [7, 11) is 1.77. The Kier molecular flexibility index (Phi) is 5.95. The summed E-state index contributed by atoms with van der Waals surface area (Å²) in [4.78, 5) is 13.9. The number of aromatic nitrogens is 2. The van der Waals surface area contributed by atoms with Crippen molar-refractivity contribution in [2.45, 2.75) is 24.7 Å². The molecular weight excluding hydrogens is 368 g/mol. The lowest BCUT2D eigenvalue weighted by molar-refractivity contribution is -0.127. The molecule has 0 radical (unpaired) electrons. The third-order valence-corrected chi connectivity index (χ3v) is 5.68. The highest BCUT2D eigenvalue weighted by Gasteiger charge is 2.14. The largest absolute Gasteiger partial charge is 0.464 e. The van der Waals surface area contributed by atoms with Crippen LogP contribution in [0.2, 0.25) is 0 Å². The number of furan rings is 1. The number of benzene rings is 1. The first-order valence-corrected chi connectivity index (χ1v) is 9.89. The Morgan fingerprint density at radius 1 is 1.23 bits per heavy atom. The molecule has 1 N–H and O–H groups in total. The van der Waals surface area contributed by atoms with E-state index >= 15 is 0 Å². The minimum atomic E-state index is 0.0210. The lowest BCUT2D eigenvalue weighted by Crippen LogP contribution is -2.27. The van der Waals surface area contributed by atoms with E-state index in [0.717, 1.165) is 27.1 Å². The quantitative estimate of drug-likeness (QED) is 0.610. The highest BCUT2D eigenvalue weighted by Crippen LogP contribution is 2.28. The molecular formula is C18H20N4O2S2. The van der Waals surface area contributed by atoms with E-state index in [1.807, 2.05) is 50.2 Å². The normalized spacial score (nSPS) is 10.7. The van der Waals surface area contributed by atoms with E-state index in [2.05, 4.69) is 15.5 Å². The maximum absolute atomic E-state index is 12.3. The van der Waals surface area contributed by atoms with Gasteiger partial charge in [-0.15, -0.1) is 10.2 Å². The minimum Gasteiger partial charge on any atom is -0.464 e. The molecule has 3 aromatic rings. The van der Waals surface area contributed by atoms with Gasteiger partial charge in [0.25, 0.3) is 0 Å². The van der Waals surface area contributed by atoms with Crippen molar-refractivity contribution < 1.29 is 9.21 Å². The molecule has 0 saturated heterocycles. The molecule has 1 aromatic carbocycles. The van der Waals surface area contributed by atoms with Crippen LogP contribution in [0.5, 0.6) is 0 Å². The Morgan fingerprint density at radius 3 is 2.77 bits per heavy atom. The summed E-state index contributed by atoms with van der Waals surface area (Å²) in [5.74, 6) is 1.96. The smallest absolute Gasteiger partial charge is 0.233 e. The summed E-state index contributed by atoms with van der Waals surface area (Å²) >= 11 is 2.83. The molecule has 6 nitrogen and oxygen atoms in total. The second kappa shape index (κ2) is 8.37. The predicted octanol–water partition coefficient (Wildman–Crippen LogP) is 4.24. The number of para-hydroxylation sites is 1. The zero-order valence-corrected chi connectivity index (χ0v) is 16.5. The van der Waals surface area contributed by atoms with E-state index in [4.69, 9.17) is 4.42 Å². The first-order valence-electron chi connectivity index (χ1n) is 8.09. The Morgan fingerprint density at radius 2 is 2.04 bits per heavy atom. The fraction of sp³-hybridized carbons (Fsp3) is 0.278. The lowest BCUT2D eigenvalue weighted by Gasteiger charge is -2.14. The number of anilines is 2. The number of carbonyl (C=O) groups is 1. The van der Waals surface area contributed by atoms with E-state index in [-0.39, 0.29) is 5.91 Å². The number of hydrogen-bond donors (Lipinski definition) is 1. The van der Waals surface area contributed by atoms with E-state index < -0.39 is 0 Å². The van der Waals surface area contributed by atoms with Crippen LogP contribution < -0.4 is 5.32 Å². The standard InChI is InChI=1S/C18H20N4O2S2/c1-12-6-4-5-7-15(12)19-17-20-21-18(26-17)25-11-16(23)22(3)10-14-9-8-13(2)24-14/h4-9H,10-11H2,1-3H3,(H,19,20). The summed E-state index contributed by atoms with van der Waals surface area (Å²) in [6, 6.07) is 11.8. The van der Waals surface area contributed by atoms with E-state index in [0.29, 0.717) is 17.4 Å². The number of hydrogen-bond acceptors (Lipinski definition) is 7. The van der Waals surface area contributed by atoms with Crippen LogP contribution in [0.15, 0.2) is 45.2 Å². The van der Waals surface area contributed by atoms with Gasteiger partial charge >= 0.3 is 0 Å². The van der Waals surface area contributed by atoms with E-state index in [1.165, 1.54) is 23.1 Å². The van der Waals surface area contributed by atoms with Crippen molar-refractivity contribution in [3.05, 3.63) is 53.5 Å². The number of nitrogens with one attached hydrogen (secondary N) is 1. The highest BCUT2D eigenvalue weighted by atomic mass is 32.2. The number of aryl methyl sites for hydroxylation is 2. The van der Waals surface area contributed by atoms with Crippen molar-refractivity contribution in [1.82, 2.24) is 15.1 Å². The van der Waals surface area contributed by atoms with E-state index in [1.54, 1.807) is 11.9 Å². The van der Waals surface area contributed by atoms with Gasteiger partial charge in [-0.05, 0) is 37.6 Å². The summed E-state index contributed by atoms with van der Waals surface area (Å²) in [6.07, 6.45) is 0. The average molecular weight is 389 g/mol. The van der Waals surface area contributed by atoms with E-state index in [9.17, 15) is 4.79 Å². The Labute approximate surface area is 160 Å². The Balaban J connectivity index is 1.51. The van der Waals surface area contributed by atoms with Crippen LogP contribution in [0.1, 0.15) is 17.1 Å². The summed E-state index contributed by atoms with van der Waals surface area (Å²) in [5, 5.41) is 12.3. The summed E-state index contributed by atoms with van der Waals surface area (Å²) in [5.41, 5.74) is 2.15. The molecule has 0 aliphatic carbocycles. The van der Waals surface area contributed by atoms with Gasteiger partial charge < -0.3 is 14.6 Å². The number of nitrogens with zero attached hydrogens (tertiary/aromatic N) is 3. The first-order chi connectivity index (χ1) is 12.5. The van der Waals surface area contributed by atoms with Gasteiger partial charge in [-0.3, -0.25) is 4.79 Å². The molecule has 0 bridgehead atoms. The van der Waals surface area contributed by atoms with Gasteiger partial charge in [-0.25, -0.2) is 0 Å². The van der Waals surface area contributed by atoms with Crippen molar-refractivity contribution in [3.63, 3.8) is 0 Å². The molecule has 0 saturated carbocycles. The van der Waals surface area contributed by atoms with Crippen molar-refractivity contribution in [1.29, 1.82) is 0 Å². The van der Waals surface area contributed by atoms with Crippen LogP contribution in [0.25, 0.3) is 0 Å². The van der Waals surface area contributed by atoms with Crippen LogP contribution >= 0.6 is 23.1 Å². The fourth-order valence-corrected chi connectivity index (χ4v) is 3.98. The third kappa shape index (κ3) is 4.86. The molecule has 0 spiro atoms. The Bertz CT molecular complexity index is 891. The van der Waals surface area contributed by atoms with Gasteiger partial charge in [0.05, 0.1) is 12.3 Å². The van der Waals surface area contributed by atoms with Gasteiger partial charge in [0.1, 0.15) is 11.5 Å². The van der Waals surface area contributed by atoms with Crippen molar-refractivity contribution in [2.24, 2.45) is 0 Å². The van der Waals surface area contributed by atoms with Gasteiger partial charge in [0.15, 0.2) is 4.34 Å². The SMILES string of the molecule is Cc1ccc(CN(C)C(=O)CSc2nnc(Nc3ccccc3C)s2)o1. The number of amides is 1. The molecule has 136 valence electrons. The van der Waals surface area contributed by atoms with Gasteiger partial charge in [0.2, 0.25) is 11.0 Å². The van der Waals surface area contributed by atoms with Crippen LogP contribution in [-0.4, -0.2) is 33.8 Å². The molecule has 26 heavy (non-hydrogen) atoms. The van der Waals surface area contributed by atoms with Gasteiger partial charge in [-0.2, -0.15) is 0 Å². The van der Waals surface area contributed by atoms with Crippen molar-refractivity contribution in [3.8, 4) is 0 Å². The zero-order valence-electron chi connectivity index (χ0n) is 14.9. The van der Waals surface area contributed by atoms with Gasteiger partial charge in [0, 0.05) is 12.7 Å². The first kappa shape index (κ1) is 18.5. The van der Waals surface area contributed by atoms with Gasteiger partial charge in [-0.1, -0.05) is 41.3 Å². The lowest BCUT2D eigenvalue weighted by atomic mass is 10.2. The molecule has 0 aliphatic heterocycles. The average Bonchev–Trinajstić information content (AvgIpc) is 3.23. The van der Waals surface area contributed by atoms with Crippen molar-refractivity contribution >= 4 is 39.8 Å². The van der Waals surface area contributed by atoms with Crippen molar-refractivity contribution in [2.75, 3.05) is 18.1 Å². The molecule has 8 heteroatoms. The number of thioether (sulfide) groups is 1. The maximum Gasteiger partial charge on any atom is 0.233 e. The molecule has 2 heterocycles. The highest BCUT2D eigenvalue weighted by molar-refractivity contribution is 8.01. The Hall–Kier alpha value is -2.32. The topological polar surface area (TPSA) is 71.3 Å². The number of carbonyl (C=O) groups excluding carboxylic acids is 1. The second-order valence-corrected chi connectivity index (χ2v) is 8.06. The van der Waals surface area contributed by atoms with Crippen LogP contribution in [0.3, 0.4) is 0 Å². The number of rotatable bonds is 7. The summed E-state index contributed by atoms with van der Waals surface area (Å²) in [6.45, 7) is 4.39. The molecule has 3 rings (SSSR count). The fourth-order valence-electron chi connectivity index (χ4n) is 2.27. The molecule has 2 aromatic heterocycles. The molecule has 1 amide bonds.